The Bertz CT molecular complexity index is 408. The fraction of sp³-hybridized carbons (Fsp3) is 0.684. The van der Waals surface area contributed by atoms with E-state index in [1.165, 1.54) is 56.9 Å². The monoisotopic (exact) mass is 289 g/mol. The van der Waals surface area contributed by atoms with Crippen LogP contribution in [-0.2, 0) is 6.42 Å². The Morgan fingerprint density at radius 3 is 2.52 bits per heavy atom. The molecular formula is C19H31NO. The fourth-order valence-electron chi connectivity index (χ4n) is 3.42. The number of benzene rings is 1. The summed E-state index contributed by atoms with van der Waals surface area (Å²) < 4.78 is 5.62. The molecule has 2 rings (SSSR count). The van der Waals surface area contributed by atoms with Crippen molar-refractivity contribution in [3.63, 3.8) is 0 Å². The van der Waals surface area contributed by atoms with Crippen molar-refractivity contribution in [3.8, 4) is 5.75 Å². The van der Waals surface area contributed by atoms with Gasteiger partial charge in [0, 0.05) is 6.54 Å². The van der Waals surface area contributed by atoms with Crippen molar-refractivity contribution in [1.29, 1.82) is 0 Å². The van der Waals surface area contributed by atoms with Crippen LogP contribution in [0.5, 0.6) is 5.75 Å². The summed E-state index contributed by atoms with van der Waals surface area (Å²) in [5, 5.41) is 0. The molecule has 0 saturated heterocycles. The first-order valence-corrected chi connectivity index (χ1v) is 8.64. The summed E-state index contributed by atoms with van der Waals surface area (Å²) in [5.41, 5.74) is 7.42. The molecular weight excluding hydrogens is 258 g/mol. The Morgan fingerprint density at radius 2 is 1.81 bits per heavy atom. The van der Waals surface area contributed by atoms with E-state index >= 15 is 0 Å². The summed E-state index contributed by atoms with van der Waals surface area (Å²) >= 11 is 0. The number of nitrogens with two attached hydrogens (primary N) is 1. The molecule has 0 heterocycles. The van der Waals surface area contributed by atoms with Gasteiger partial charge in [0.2, 0.25) is 0 Å². The summed E-state index contributed by atoms with van der Waals surface area (Å²) in [6, 6.07) is 8.53. The number of hydrogen-bond acceptors (Lipinski definition) is 2. The predicted molar refractivity (Wildman–Crippen MR) is 89.7 cm³/mol. The molecule has 1 aliphatic rings. The molecule has 2 N–H and O–H groups in total. The molecule has 0 atom stereocenters. The second-order valence-electron chi connectivity index (χ2n) is 6.86. The highest BCUT2D eigenvalue weighted by molar-refractivity contribution is 5.28. The molecule has 0 amide bonds. The van der Waals surface area contributed by atoms with Gasteiger partial charge in [0.05, 0.1) is 0 Å². The van der Waals surface area contributed by atoms with Crippen LogP contribution < -0.4 is 10.5 Å². The summed E-state index contributed by atoms with van der Waals surface area (Å²) in [5.74, 6) is 0.959. The number of hydrogen-bond donors (Lipinski definition) is 1. The summed E-state index contributed by atoms with van der Waals surface area (Å²) in [6.07, 6.45) is 12.4. The molecule has 1 aromatic carbocycles. The van der Waals surface area contributed by atoms with Crippen molar-refractivity contribution < 1.29 is 4.74 Å². The van der Waals surface area contributed by atoms with Crippen molar-refractivity contribution in [3.05, 3.63) is 29.8 Å². The SMILES string of the molecule is CC1(CCc2cccc(OCCN)c2)CCCCCCC1. The third kappa shape index (κ3) is 5.70. The quantitative estimate of drug-likeness (QED) is 0.823. The Labute approximate surface area is 130 Å². The van der Waals surface area contributed by atoms with Crippen LogP contribution in [0.1, 0.15) is 63.9 Å². The van der Waals surface area contributed by atoms with Crippen LogP contribution in [0.25, 0.3) is 0 Å². The summed E-state index contributed by atoms with van der Waals surface area (Å²) in [7, 11) is 0. The molecule has 0 spiro atoms. The highest BCUT2D eigenvalue weighted by Gasteiger charge is 2.24. The van der Waals surface area contributed by atoms with Gasteiger partial charge in [0.15, 0.2) is 0 Å². The normalized spacial score (nSPS) is 18.8. The molecule has 0 aliphatic heterocycles. The van der Waals surface area contributed by atoms with E-state index < -0.39 is 0 Å². The molecule has 1 saturated carbocycles. The Hall–Kier alpha value is -1.02. The second-order valence-corrected chi connectivity index (χ2v) is 6.86. The topological polar surface area (TPSA) is 35.2 Å². The van der Waals surface area contributed by atoms with Gasteiger partial charge in [-0.3, -0.25) is 0 Å². The van der Waals surface area contributed by atoms with Crippen LogP contribution in [0.4, 0.5) is 0 Å². The van der Waals surface area contributed by atoms with E-state index in [1.54, 1.807) is 0 Å². The van der Waals surface area contributed by atoms with Gasteiger partial charge >= 0.3 is 0 Å². The minimum atomic E-state index is 0.536. The molecule has 2 nitrogen and oxygen atoms in total. The maximum atomic E-state index is 5.62. The third-order valence-electron chi connectivity index (χ3n) is 4.86. The van der Waals surface area contributed by atoms with Gasteiger partial charge in [-0.1, -0.05) is 51.2 Å². The number of ether oxygens (including phenoxy) is 1. The van der Waals surface area contributed by atoms with Gasteiger partial charge in [-0.05, 0) is 48.8 Å². The largest absolute Gasteiger partial charge is 0.492 e. The average Bonchev–Trinajstić information content (AvgIpc) is 2.48. The first-order chi connectivity index (χ1) is 10.2. The van der Waals surface area contributed by atoms with Gasteiger partial charge in [0.25, 0.3) is 0 Å². The van der Waals surface area contributed by atoms with Crippen LogP contribution in [0.2, 0.25) is 0 Å². The van der Waals surface area contributed by atoms with Gasteiger partial charge in [-0.15, -0.1) is 0 Å². The van der Waals surface area contributed by atoms with E-state index in [2.05, 4.69) is 25.1 Å². The van der Waals surface area contributed by atoms with Crippen LogP contribution >= 0.6 is 0 Å². The van der Waals surface area contributed by atoms with Crippen molar-refractivity contribution in [2.75, 3.05) is 13.2 Å². The zero-order chi connectivity index (χ0) is 15.0. The maximum absolute atomic E-state index is 5.62. The van der Waals surface area contributed by atoms with Crippen LogP contribution in [0, 0.1) is 5.41 Å². The lowest BCUT2D eigenvalue weighted by Gasteiger charge is -2.31. The smallest absolute Gasteiger partial charge is 0.119 e. The molecule has 0 radical (unpaired) electrons. The van der Waals surface area contributed by atoms with Crippen LogP contribution in [0.15, 0.2) is 24.3 Å². The molecule has 1 aromatic rings. The molecule has 1 aliphatic carbocycles. The van der Waals surface area contributed by atoms with Gasteiger partial charge in [-0.25, -0.2) is 0 Å². The van der Waals surface area contributed by atoms with E-state index in [4.69, 9.17) is 10.5 Å². The molecule has 1 fully saturated rings. The fourth-order valence-corrected chi connectivity index (χ4v) is 3.42. The zero-order valence-corrected chi connectivity index (χ0v) is 13.6. The van der Waals surface area contributed by atoms with Crippen molar-refractivity contribution in [2.45, 2.75) is 64.7 Å². The van der Waals surface area contributed by atoms with Crippen molar-refractivity contribution in [2.24, 2.45) is 11.1 Å². The first-order valence-electron chi connectivity index (χ1n) is 8.64. The van der Waals surface area contributed by atoms with Gasteiger partial charge in [0.1, 0.15) is 12.4 Å². The van der Waals surface area contributed by atoms with Gasteiger partial charge in [-0.2, -0.15) is 0 Å². The van der Waals surface area contributed by atoms with E-state index in [1.807, 2.05) is 6.07 Å². The zero-order valence-electron chi connectivity index (χ0n) is 13.6. The van der Waals surface area contributed by atoms with Crippen LogP contribution in [0.3, 0.4) is 0 Å². The molecule has 0 aromatic heterocycles. The average molecular weight is 289 g/mol. The highest BCUT2D eigenvalue weighted by atomic mass is 16.5. The minimum absolute atomic E-state index is 0.536. The standard InChI is InChI=1S/C19H31NO/c1-19(11-5-3-2-4-6-12-19)13-10-17-8-7-9-18(16-17)21-15-14-20/h7-9,16H,2-6,10-15,20H2,1H3. The van der Waals surface area contributed by atoms with Crippen LogP contribution in [-0.4, -0.2) is 13.2 Å². The van der Waals surface area contributed by atoms with E-state index in [0.717, 1.165) is 12.2 Å². The lowest BCUT2D eigenvalue weighted by Crippen LogP contribution is -2.19. The number of aryl methyl sites for hydroxylation is 1. The lowest BCUT2D eigenvalue weighted by molar-refractivity contribution is 0.219. The first kappa shape index (κ1) is 16.4. The van der Waals surface area contributed by atoms with Crippen molar-refractivity contribution >= 4 is 0 Å². The van der Waals surface area contributed by atoms with Gasteiger partial charge < -0.3 is 10.5 Å². The Balaban J connectivity index is 1.88. The summed E-state index contributed by atoms with van der Waals surface area (Å²) in [4.78, 5) is 0. The van der Waals surface area contributed by atoms with E-state index in [-0.39, 0.29) is 0 Å². The Kier molecular flexibility index (Phi) is 6.56. The Morgan fingerprint density at radius 1 is 1.10 bits per heavy atom. The molecule has 2 heteroatoms. The molecule has 0 bridgehead atoms. The molecule has 21 heavy (non-hydrogen) atoms. The molecule has 0 unspecified atom stereocenters. The maximum Gasteiger partial charge on any atom is 0.119 e. The van der Waals surface area contributed by atoms with Crippen molar-refractivity contribution in [1.82, 2.24) is 0 Å². The lowest BCUT2D eigenvalue weighted by atomic mass is 9.74. The summed E-state index contributed by atoms with van der Waals surface area (Å²) in [6.45, 7) is 3.66. The number of rotatable bonds is 6. The second kappa shape index (κ2) is 8.43. The predicted octanol–water partition coefficient (Wildman–Crippen LogP) is 4.71. The highest BCUT2D eigenvalue weighted by Crippen LogP contribution is 2.37. The minimum Gasteiger partial charge on any atom is -0.492 e. The molecule has 118 valence electrons. The van der Waals surface area contributed by atoms with E-state index in [9.17, 15) is 0 Å². The van der Waals surface area contributed by atoms with E-state index in [0.29, 0.717) is 18.6 Å². The third-order valence-corrected chi connectivity index (χ3v) is 4.86.